The van der Waals surface area contributed by atoms with Gasteiger partial charge < -0.3 is 19.1 Å². The summed E-state index contributed by atoms with van der Waals surface area (Å²) in [5, 5.41) is 6.79. The van der Waals surface area contributed by atoms with Crippen LogP contribution in [0.1, 0.15) is 17.0 Å². The normalized spacial score (nSPS) is 16.6. The molecular weight excluding hydrogens is 358 g/mol. The fourth-order valence-corrected chi connectivity index (χ4v) is 3.40. The summed E-state index contributed by atoms with van der Waals surface area (Å²) < 4.78 is 7.14. The smallest absolute Gasteiger partial charge is 0.292 e. The first-order valence-electron chi connectivity index (χ1n) is 9.00. The van der Waals surface area contributed by atoms with Crippen LogP contribution in [0.15, 0.2) is 59.6 Å². The highest BCUT2D eigenvalue weighted by atomic mass is 16.5. The number of rotatable bonds is 4. The fourth-order valence-electron chi connectivity index (χ4n) is 3.40. The van der Waals surface area contributed by atoms with Crippen LogP contribution in [0.2, 0.25) is 0 Å². The Kier molecular flexibility index (Phi) is 3.97. The van der Waals surface area contributed by atoms with E-state index in [0.29, 0.717) is 12.4 Å². The molecule has 9 nitrogen and oxygen atoms in total. The third-order valence-electron chi connectivity index (χ3n) is 4.77. The van der Waals surface area contributed by atoms with Gasteiger partial charge in [0.05, 0.1) is 0 Å². The second kappa shape index (κ2) is 6.76. The molecule has 1 aromatic carbocycles. The average molecular weight is 375 g/mol. The highest BCUT2D eigenvalue weighted by Gasteiger charge is 2.28. The van der Waals surface area contributed by atoms with Crippen LogP contribution in [0.5, 0.6) is 0 Å². The van der Waals surface area contributed by atoms with Crippen molar-refractivity contribution in [1.29, 1.82) is 0 Å². The molecule has 1 N–H and O–H groups in total. The molecule has 0 radical (unpaired) electrons. The summed E-state index contributed by atoms with van der Waals surface area (Å²) in [4.78, 5) is 27.7. The number of fused-ring (bicyclic) bond motifs is 1. The molecule has 4 aromatic rings. The molecular formula is C19H17N7O2. The molecule has 140 valence electrons. The van der Waals surface area contributed by atoms with E-state index in [-0.39, 0.29) is 17.8 Å². The lowest BCUT2D eigenvalue weighted by Crippen LogP contribution is -2.37. The number of aromatic nitrogens is 5. The van der Waals surface area contributed by atoms with Crippen molar-refractivity contribution in [1.82, 2.24) is 29.8 Å². The van der Waals surface area contributed by atoms with Gasteiger partial charge in [-0.15, -0.1) is 0 Å². The van der Waals surface area contributed by atoms with Crippen molar-refractivity contribution in [2.75, 3.05) is 18.0 Å². The molecule has 1 atom stereocenters. The zero-order chi connectivity index (χ0) is 18.9. The molecule has 1 saturated heterocycles. The summed E-state index contributed by atoms with van der Waals surface area (Å²) in [6.07, 6.45) is 8.05. The molecule has 4 heterocycles. The number of hydrogen-bond acceptors (Lipinski definition) is 7. The van der Waals surface area contributed by atoms with E-state index >= 15 is 0 Å². The lowest BCUT2D eigenvalue weighted by molar-refractivity contribution is 0.0927. The number of carbonyl (C=O) groups is 1. The van der Waals surface area contributed by atoms with Crippen molar-refractivity contribution in [2.24, 2.45) is 0 Å². The van der Waals surface area contributed by atoms with Gasteiger partial charge in [-0.05, 0) is 18.6 Å². The van der Waals surface area contributed by atoms with E-state index in [9.17, 15) is 4.79 Å². The Morgan fingerprint density at radius 1 is 1.14 bits per heavy atom. The van der Waals surface area contributed by atoms with Crippen molar-refractivity contribution >= 4 is 17.4 Å². The largest absolute Gasteiger partial charge is 0.351 e. The molecule has 1 amide bonds. The first-order valence-corrected chi connectivity index (χ1v) is 9.00. The minimum atomic E-state index is -0.343. The SMILES string of the molecule is O=C(N[C@H]1CCN(c2nccn3ccnc23)C1)c1noc(-c2ccccc2)n1. The average Bonchev–Trinajstić information content (AvgIpc) is 3.48. The standard InChI is InChI=1S/C19H17N7O2/c27-18(15-23-19(28-24-15)13-4-2-1-3-5-13)22-14-6-9-26(12-14)17-16-20-7-10-25(16)11-8-21-17/h1-5,7-8,10-11,14H,6,9,12H2,(H,22,27)/t14-/m0/s1. The molecule has 28 heavy (non-hydrogen) atoms. The van der Waals surface area contributed by atoms with Gasteiger partial charge in [0.25, 0.3) is 17.6 Å². The predicted molar refractivity (Wildman–Crippen MR) is 101 cm³/mol. The van der Waals surface area contributed by atoms with E-state index in [2.05, 4.69) is 30.3 Å². The fraction of sp³-hybridized carbons (Fsp3) is 0.211. The number of anilines is 1. The minimum absolute atomic E-state index is 0.0248. The van der Waals surface area contributed by atoms with Crippen molar-refractivity contribution in [3.63, 3.8) is 0 Å². The zero-order valence-electron chi connectivity index (χ0n) is 14.9. The molecule has 1 aliphatic heterocycles. The van der Waals surface area contributed by atoms with Crippen LogP contribution in [0.3, 0.4) is 0 Å². The van der Waals surface area contributed by atoms with Crippen molar-refractivity contribution in [3.05, 3.63) is 60.9 Å². The number of imidazole rings is 1. The monoisotopic (exact) mass is 375 g/mol. The van der Waals surface area contributed by atoms with Crippen molar-refractivity contribution in [3.8, 4) is 11.5 Å². The second-order valence-electron chi connectivity index (χ2n) is 6.60. The van der Waals surface area contributed by atoms with Gasteiger partial charge >= 0.3 is 0 Å². The Morgan fingerprint density at radius 2 is 1.96 bits per heavy atom. The minimum Gasteiger partial charge on any atom is -0.351 e. The lowest BCUT2D eigenvalue weighted by atomic mass is 10.2. The van der Waals surface area contributed by atoms with Crippen LogP contribution in [0.4, 0.5) is 5.82 Å². The van der Waals surface area contributed by atoms with Crippen LogP contribution in [0, 0.1) is 0 Å². The number of carbonyl (C=O) groups excluding carboxylic acids is 1. The third-order valence-corrected chi connectivity index (χ3v) is 4.77. The van der Waals surface area contributed by atoms with Gasteiger partial charge in [-0.2, -0.15) is 4.98 Å². The summed E-state index contributed by atoms with van der Waals surface area (Å²) in [5.41, 5.74) is 1.58. The molecule has 0 saturated carbocycles. The summed E-state index contributed by atoms with van der Waals surface area (Å²) in [7, 11) is 0. The van der Waals surface area contributed by atoms with Gasteiger partial charge in [0.1, 0.15) is 0 Å². The van der Waals surface area contributed by atoms with Gasteiger partial charge in [0, 0.05) is 49.5 Å². The Labute approximate surface area is 160 Å². The topological polar surface area (TPSA) is 101 Å². The van der Waals surface area contributed by atoms with Gasteiger partial charge in [-0.1, -0.05) is 23.4 Å². The van der Waals surface area contributed by atoms with E-state index in [0.717, 1.165) is 30.0 Å². The predicted octanol–water partition coefficient (Wildman–Crippen LogP) is 1.79. The molecule has 1 fully saturated rings. The quantitative estimate of drug-likeness (QED) is 0.580. The molecule has 3 aromatic heterocycles. The Morgan fingerprint density at radius 3 is 2.82 bits per heavy atom. The Hall–Kier alpha value is -3.75. The Bertz CT molecular complexity index is 1120. The molecule has 9 heteroatoms. The summed E-state index contributed by atoms with van der Waals surface area (Å²) in [6.45, 7) is 1.43. The first kappa shape index (κ1) is 16.4. The number of benzene rings is 1. The lowest BCUT2D eigenvalue weighted by Gasteiger charge is -2.18. The molecule has 1 aliphatic rings. The van der Waals surface area contributed by atoms with Gasteiger partial charge in [0.2, 0.25) is 0 Å². The van der Waals surface area contributed by atoms with E-state index in [1.165, 1.54) is 0 Å². The van der Waals surface area contributed by atoms with Crippen molar-refractivity contribution in [2.45, 2.75) is 12.5 Å². The highest BCUT2D eigenvalue weighted by molar-refractivity contribution is 5.91. The zero-order valence-corrected chi connectivity index (χ0v) is 14.9. The highest BCUT2D eigenvalue weighted by Crippen LogP contribution is 2.22. The Balaban J connectivity index is 1.27. The van der Waals surface area contributed by atoms with Crippen LogP contribution in [0.25, 0.3) is 17.1 Å². The van der Waals surface area contributed by atoms with E-state index in [4.69, 9.17) is 4.52 Å². The van der Waals surface area contributed by atoms with Crippen LogP contribution >= 0.6 is 0 Å². The molecule has 5 rings (SSSR count). The molecule has 0 aliphatic carbocycles. The number of nitrogens with zero attached hydrogens (tertiary/aromatic N) is 6. The van der Waals surface area contributed by atoms with Crippen LogP contribution < -0.4 is 10.2 Å². The maximum atomic E-state index is 12.5. The van der Waals surface area contributed by atoms with Gasteiger partial charge in [-0.3, -0.25) is 4.79 Å². The van der Waals surface area contributed by atoms with Crippen molar-refractivity contribution < 1.29 is 9.32 Å². The van der Waals surface area contributed by atoms with E-state index in [1.54, 1.807) is 12.4 Å². The van der Waals surface area contributed by atoms with E-state index in [1.807, 2.05) is 47.1 Å². The summed E-state index contributed by atoms with van der Waals surface area (Å²) in [6, 6.07) is 9.34. The molecule has 0 spiro atoms. The van der Waals surface area contributed by atoms with E-state index < -0.39 is 0 Å². The maximum absolute atomic E-state index is 12.5. The second-order valence-corrected chi connectivity index (χ2v) is 6.60. The number of nitrogens with one attached hydrogen (secondary N) is 1. The van der Waals surface area contributed by atoms with Crippen LogP contribution in [-0.2, 0) is 0 Å². The molecule has 0 unspecified atom stereocenters. The number of hydrogen-bond donors (Lipinski definition) is 1. The number of amides is 1. The molecule has 0 bridgehead atoms. The summed E-state index contributed by atoms with van der Waals surface area (Å²) in [5.74, 6) is 0.833. The first-order chi connectivity index (χ1) is 13.8. The van der Waals surface area contributed by atoms with Gasteiger partial charge in [-0.25, -0.2) is 9.97 Å². The third kappa shape index (κ3) is 2.96. The maximum Gasteiger partial charge on any atom is 0.292 e. The van der Waals surface area contributed by atoms with Gasteiger partial charge in [0.15, 0.2) is 11.5 Å². The van der Waals surface area contributed by atoms with Crippen LogP contribution in [-0.4, -0.2) is 49.5 Å². The summed E-state index contributed by atoms with van der Waals surface area (Å²) >= 11 is 0.